The number of hydrogen-bond acceptors (Lipinski definition) is 1. The molecule has 0 aromatic heterocycles. The average Bonchev–Trinajstić information content (AvgIpc) is 2.57. The molecule has 0 radical (unpaired) electrons. The maximum absolute atomic E-state index is 13.8. The fourth-order valence-electron chi connectivity index (χ4n) is 2.13. The summed E-state index contributed by atoms with van der Waals surface area (Å²) in [4.78, 5) is -2.52. The first kappa shape index (κ1) is 14.6. The fourth-order valence-corrected chi connectivity index (χ4v) is 12.1. The normalized spacial score (nSPS) is 11.2. The van der Waals surface area contributed by atoms with Crippen LogP contribution in [0.2, 0.25) is 0 Å². The van der Waals surface area contributed by atoms with Crippen LogP contribution in [0.25, 0.3) is 0 Å². The van der Waals surface area contributed by atoms with E-state index < -0.39 is 25.2 Å². The van der Waals surface area contributed by atoms with Crippen LogP contribution in [0.4, 0.5) is 0 Å². The van der Waals surface area contributed by atoms with E-state index in [9.17, 15) is 4.57 Å². The minimum absolute atomic E-state index is 0.839. The third-order valence-electron chi connectivity index (χ3n) is 3.17. The fraction of sp³-hybridized carbons (Fsp3) is 0. The van der Waals surface area contributed by atoms with Gasteiger partial charge in [-0.2, -0.15) is 0 Å². The molecule has 0 heterocycles. The molecule has 1 nitrogen and oxygen atoms in total. The van der Waals surface area contributed by atoms with Crippen LogP contribution in [0.15, 0.2) is 91.0 Å². The molecule has 0 aliphatic rings. The summed E-state index contributed by atoms with van der Waals surface area (Å²) >= 11 is -0.839. The van der Waals surface area contributed by atoms with E-state index in [4.69, 9.17) is 0 Å². The van der Waals surface area contributed by atoms with Crippen LogP contribution in [-0.2, 0) is 4.57 Å². The molecular weight excluding hydrogens is 391 g/mol. The van der Waals surface area contributed by atoms with E-state index in [0.29, 0.717) is 0 Å². The summed E-state index contributed by atoms with van der Waals surface area (Å²) in [6.07, 6.45) is 0. The molecule has 0 spiro atoms. The molecule has 0 bridgehead atoms. The van der Waals surface area contributed by atoms with Crippen molar-refractivity contribution in [3.63, 3.8) is 0 Å². The molecular formula is C18H15OPTe. The van der Waals surface area contributed by atoms with Crippen molar-refractivity contribution in [3.8, 4) is 0 Å². The zero-order chi connectivity index (χ0) is 14.5. The Morgan fingerprint density at radius 1 is 0.571 bits per heavy atom. The second kappa shape index (κ2) is 6.63. The molecule has 0 saturated heterocycles. The molecule has 3 aromatic carbocycles. The molecule has 0 saturated carbocycles. The second-order valence-electron chi connectivity index (χ2n) is 4.63. The van der Waals surface area contributed by atoms with Gasteiger partial charge in [-0.15, -0.1) is 0 Å². The van der Waals surface area contributed by atoms with Gasteiger partial charge in [0.2, 0.25) is 0 Å². The molecule has 0 unspecified atom stereocenters. The van der Waals surface area contributed by atoms with E-state index in [-0.39, 0.29) is 0 Å². The summed E-state index contributed by atoms with van der Waals surface area (Å²) in [5, 5.41) is 1.95. The Hall–Kier alpha value is -1.32. The molecule has 21 heavy (non-hydrogen) atoms. The maximum atomic E-state index is 13.8. The second-order valence-corrected chi connectivity index (χ2v) is 14.3. The van der Waals surface area contributed by atoms with Crippen molar-refractivity contribution in [3.05, 3.63) is 91.0 Å². The Balaban J connectivity index is 2.10. The number of rotatable bonds is 4. The van der Waals surface area contributed by atoms with Crippen molar-refractivity contribution in [1.29, 1.82) is 0 Å². The van der Waals surface area contributed by atoms with Gasteiger partial charge in [0.25, 0.3) is 0 Å². The Morgan fingerprint density at radius 2 is 0.952 bits per heavy atom. The van der Waals surface area contributed by atoms with Gasteiger partial charge < -0.3 is 0 Å². The molecule has 0 aliphatic heterocycles. The van der Waals surface area contributed by atoms with Crippen LogP contribution >= 0.6 is 4.83 Å². The Morgan fingerprint density at radius 3 is 1.38 bits per heavy atom. The topological polar surface area (TPSA) is 17.1 Å². The van der Waals surface area contributed by atoms with Gasteiger partial charge in [0, 0.05) is 0 Å². The van der Waals surface area contributed by atoms with Gasteiger partial charge >= 0.3 is 135 Å². The quantitative estimate of drug-likeness (QED) is 0.482. The SMILES string of the molecule is O=P([Te]c1ccccc1)(c1ccccc1)c1ccccc1. The van der Waals surface area contributed by atoms with E-state index in [1.54, 1.807) is 0 Å². The van der Waals surface area contributed by atoms with Crippen molar-refractivity contribution >= 4 is 39.4 Å². The summed E-state index contributed by atoms with van der Waals surface area (Å²) in [6.45, 7) is 0. The Labute approximate surface area is 134 Å². The van der Waals surface area contributed by atoms with Crippen LogP contribution in [0, 0.1) is 0 Å². The molecule has 0 amide bonds. The average molecular weight is 406 g/mol. The summed E-state index contributed by atoms with van der Waals surface area (Å²) in [5.41, 5.74) is 0. The first-order chi connectivity index (χ1) is 10.3. The van der Waals surface area contributed by atoms with Gasteiger partial charge in [0.1, 0.15) is 0 Å². The summed E-state index contributed by atoms with van der Waals surface area (Å²) in [7, 11) is 0. The van der Waals surface area contributed by atoms with E-state index in [1.165, 1.54) is 3.61 Å². The van der Waals surface area contributed by atoms with Crippen molar-refractivity contribution in [2.24, 2.45) is 0 Å². The van der Waals surface area contributed by atoms with E-state index in [0.717, 1.165) is 10.6 Å². The van der Waals surface area contributed by atoms with E-state index >= 15 is 0 Å². The van der Waals surface area contributed by atoms with Gasteiger partial charge in [-0.3, -0.25) is 0 Å². The van der Waals surface area contributed by atoms with E-state index in [1.807, 2.05) is 78.9 Å². The Kier molecular flexibility index (Phi) is 4.61. The van der Waals surface area contributed by atoms with Crippen molar-refractivity contribution in [1.82, 2.24) is 0 Å². The van der Waals surface area contributed by atoms with Gasteiger partial charge in [0.15, 0.2) is 0 Å². The zero-order valence-electron chi connectivity index (χ0n) is 11.4. The number of benzene rings is 3. The zero-order valence-corrected chi connectivity index (χ0v) is 14.6. The van der Waals surface area contributed by atoms with Crippen LogP contribution in [0.3, 0.4) is 0 Å². The van der Waals surface area contributed by atoms with Crippen molar-refractivity contribution in [2.75, 3.05) is 0 Å². The third-order valence-corrected chi connectivity index (χ3v) is 14.0. The molecule has 104 valence electrons. The minimum atomic E-state index is -2.52. The van der Waals surface area contributed by atoms with Crippen molar-refractivity contribution < 1.29 is 4.57 Å². The number of hydrogen-bond donors (Lipinski definition) is 0. The van der Waals surface area contributed by atoms with Gasteiger partial charge in [-0.25, -0.2) is 0 Å². The predicted octanol–water partition coefficient (Wildman–Crippen LogP) is 2.95. The van der Waals surface area contributed by atoms with Crippen LogP contribution in [0.5, 0.6) is 0 Å². The monoisotopic (exact) mass is 408 g/mol. The first-order valence-electron chi connectivity index (χ1n) is 6.75. The summed E-state index contributed by atoms with van der Waals surface area (Å²) in [5.74, 6) is 0. The first-order valence-corrected chi connectivity index (χ1v) is 12.7. The van der Waals surface area contributed by atoms with Crippen LogP contribution in [-0.4, -0.2) is 20.4 Å². The summed E-state index contributed by atoms with van der Waals surface area (Å²) in [6, 6.07) is 30.1. The van der Waals surface area contributed by atoms with Gasteiger partial charge in [-0.1, -0.05) is 0 Å². The van der Waals surface area contributed by atoms with Gasteiger partial charge in [0.05, 0.1) is 0 Å². The van der Waals surface area contributed by atoms with Crippen molar-refractivity contribution in [2.45, 2.75) is 0 Å². The molecule has 0 atom stereocenters. The Bertz CT molecular complexity index is 698. The third kappa shape index (κ3) is 3.30. The molecule has 0 aliphatic carbocycles. The van der Waals surface area contributed by atoms with Crippen LogP contribution < -0.4 is 14.2 Å². The predicted molar refractivity (Wildman–Crippen MR) is 91.6 cm³/mol. The van der Waals surface area contributed by atoms with E-state index in [2.05, 4.69) is 12.1 Å². The van der Waals surface area contributed by atoms with Crippen LogP contribution in [0.1, 0.15) is 0 Å². The molecule has 3 heteroatoms. The summed E-state index contributed by atoms with van der Waals surface area (Å²) < 4.78 is 15.1. The molecule has 3 rings (SSSR count). The molecule has 0 N–H and O–H groups in total. The molecule has 3 aromatic rings. The van der Waals surface area contributed by atoms with Gasteiger partial charge in [-0.05, 0) is 0 Å². The standard InChI is InChI=1S/C18H15OPTe/c19-20(16-10-4-1-5-11-16,17-12-6-2-7-13-17)21-18-14-8-3-9-15-18/h1-15H. The molecule has 0 fully saturated rings.